The third-order valence-corrected chi connectivity index (χ3v) is 3.28. The average Bonchev–Trinajstić information content (AvgIpc) is 3.03. The maximum atomic E-state index is 11.6. The minimum Gasteiger partial charge on any atom is -0.355 e. The van der Waals surface area contributed by atoms with Crippen molar-refractivity contribution < 1.29 is 9.59 Å². The van der Waals surface area contributed by atoms with Gasteiger partial charge in [0.05, 0.1) is 6.54 Å². The highest BCUT2D eigenvalue weighted by Gasteiger charge is 2.28. The maximum Gasteiger partial charge on any atom is 0.236 e. The summed E-state index contributed by atoms with van der Waals surface area (Å²) in [6.07, 6.45) is 4.33. The molecule has 2 amide bonds. The van der Waals surface area contributed by atoms with E-state index in [1.807, 2.05) is 4.90 Å². The van der Waals surface area contributed by atoms with Gasteiger partial charge in [0.1, 0.15) is 0 Å². The summed E-state index contributed by atoms with van der Waals surface area (Å²) in [5.41, 5.74) is 0. The molecule has 5 heteroatoms. The number of amides is 2. The second-order valence-electron chi connectivity index (χ2n) is 4.83. The zero-order chi connectivity index (χ0) is 12.1. The molecule has 1 heterocycles. The third-order valence-electron chi connectivity index (χ3n) is 3.28. The predicted octanol–water partition coefficient (Wildman–Crippen LogP) is -0.275. The largest absolute Gasteiger partial charge is 0.355 e. The van der Waals surface area contributed by atoms with Crippen LogP contribution in [0, 0.1) is 5.92 Å². The number of likely N-dealkylation sites (tertiary alicyclic amines) is 1. The summed E-state index contributed by atoms with van der Waals surface area (Å²) in [5.74, 6) is 0.606. The number of rotatable bonds is 6. The van der Waals surface area contributed by atoms with E-state index in [9.17, 15) is 9.59 Å². The standard InChI is InChI=1S/C12H21N3O2/c16-11(15-7-1-2-8-15)9-13-5-6-14-12(17)10-3-4-10/h10,13H,1-9H2,(H,14,17). The molecule has 1 aliphatic heterocycles. The number of nitrogens with zero attached hydrogens (tertiary/aromatic N) is 1. The maximum absolute atomic E-state index is 11.6. The second kappa shape index (κ2) is 6.00. The van der Waals surface area contributed by atoms with E-state index in [1.165, 1.54) is 0 Å². The van der Waals surface area contributed by atoms with Gasteiger partial charge < -0.3 is 15.5 Å². The van der Waals surface area contributed by atoms with Crippen LogP contribution >= 0.6 is 0 Å². The van der Waals surface area contributed by atoms with Crippen LogP contribution in [0.3, 0.4) is 0 Å². The minimum atomic E-state index is 0.165. The van der Waals surface area contributed by atoms with Crippen molar-refractivity contribution in [2.75, 3.05) is 32.7 Å². The van der Waals surface area contributed by atoms with Crippen LogP contribution in [0.15, 0.2) is 0 Å². The fourth-order valence-corrected chi connectivity index (χ4v) is 2.04. The van der Waals surface area contributed by atoms with Gasteiger partial charge in [-0.1, -0.05) is 0 Å². The van der Waals surface area contributed by atoms with Crippen LogP contribution in [0.4, 0.5) is 0 Å². The van der Waals surface area contributed by atoms with Gasteiger partial charge in [-0.2, -0.15) is 0 Å². The van der Waals surface area contributed by atoms with Crippen LogP contribution in [0.5, 0.6) is 0 Å². The van der Waals surface area contributed by atoms with E-state index < -0.39 is 0 Å². The first-order valence-corrected chi connectivity index (χ1v) is 6.53. The molecule has 2 N–H and O–H groups in total. The number of hydrogen-bond donors (Lipinski definition) is 2. The molecule has 0 spiro atoms. The van der Waals surface area contributed by atoms with Crippen LogP contribution < -0.4 is 10.6 Å². The van der Waals surface area contributed by atoms with E-state index in [-0.39, 0.29) is 17.7 Å². The number of carbonyl (C=O) groups is 2. The first kappa shape index (κ1) is 12.4. The number of carbonyl (C=O) groups excluding carboxylic acids is 2. The molecule has 0 aromatic rings. The van der Waals surface area contributed by atoms with Crippen molar-refractivity contribution in [3.63, 3.8) is 0 Å². The summed E-state index contributed by atoms with van der Waals surface area (Å²) >= 11 is 0. The monoisotopic (exact) mass is 239 g/mol. The smallest absolute Gasteiger partial charge is 0.236 e. The van der Waals surface area contributed by atoms with Gasteiger partial charge in [0.2, 0.25) is 11.8 Å². The highest BCUT2D eigenvalue weighted by molar-refractivity contribution is 5.80. The van der Waals surface area contributed by atoms with Crippen LogP contribution in [-0.2, 0) is 9.59 Å². The van der Waals surface area contributed by atoms with Crippen LogP contribution in [0.1, 0.15) is 25.7 Å². The highest BCUT2D eigenvalue weighted by Crippen LogP contribution is 2.28. The van der Waals surface area contributed by atoms with Crippen molar-refractivity contribution in [1.29, 1.82) is 0 Å². The van der Waals surface area contributed by atoms with Crippen molar-refractivity contribution in [3.05, 3.63) is 0 Å². The number of nitrogens with one attached hydrogen (secondary N) is 2. The summed E-state index contributed by atoms with van der Waals surface area (Å²) in [6, 6.07) is 0. The molecule has 0 atom stereocenters. The van der Waals surface area contributed by atoms with Crippen molar-refractivity contribution in [3.8, 4) is 0 Å². The highest BCUT2D eigenvalue weighted by atomic mass is 16.2. The zero-order valence-electron chi connectivity index (χ0n) is 10.2. The van der Waals surface area contributed by atoms with E-state index in [2.05, 4.69) is 10.6 Å². The van der Waals surface area contributed by atoms with Gasteiger partial charge in [-0.15, -0.1) is 0 Å². The molecule has 0 unspecified atom stereocenters. The SMILES string of the molecule is O=C(NCCNCC(=O)N1CCCC1)C1CC1. The van der Waals surface area contributed by atoms with Gasteiger partial charge >= 0.3 is 0 Å². The lowest BCUT2D eigenvalue weighted by Crippen LogP contribution is -2.39. The van der Waals surface area contributed by atoms with E-state index in [0.717, 1.165) is 38.8 Å². The number of hydrogen-bond acceptors (Lipinski definition) is 3. The van der Waals surface area contributed by atoms with E-state index in [0.29, 0.717) is 19.6 Å². The molecule has 0 aromatic carbocycles. The van der Waals surface area contributed by atoms with E-state index in [1.54, 1.807) is 0 Å². The van der Waals surface area contributed by atoms with Gasteiger partial charge in [-0.25, -0.2) is 0 Å². The molecular weight excluding hydrogens is 218 g/mol. The Balaban J connectivity index is 1.47. The molecule has 2 fully saturated rings. The molecule has 96 valence electrons. The summed E-state index contributed by atoms with van der Waals surface area (Å²) in [4.78, 5) is 24.8. The van der Waals surface area contributed by atoms with Crippen LogP contribution in [-0.4, -0.2) is 49.4 Å². The predicted molar refractivity (Wildman–Crippen MR) is 64.4 cm³/mol. The quantitative estimate of drug-likeness (QED) is 0.627. The lowest BCUT2D eigenvalue weighted by atomic mass is 10.4. The van der Waals surface area contributed by atoms with E-state index >= 15 is 0 Å². The minimum absolute atomic E-state index is 0.165. The Morgan fingerprint density at radius 3 is 2.47 bits per heavy atom. The molecule has 0 radical (unpaired) electrons. The normalized spacial score (nSPS) is 19.4. The lowest BCUT2D eigenvalue weighted by molar-refractivity contribution is -0.129. The zero-order valence-corrected chi connectivity index (χ0v) is 10.2. The molecule has 0 bridgehead atoms. The summed E-state index contributed by atoms with van der Waals surface area (Å²) in [7, 11) is 0. The average molecular weight is 239 g/mol. The van der Waals surface area contributed by atoms with Gasteiger partial charge in [0.25, 0.3) is 0 Å². The summed E-state index contributed by atoms with van der Waals surface area (Å²) in [6.45, 7) is 3.47. The third kappa shape index (κ3) is 4.00. The molecule has 17 heavy (non-hydrogen) atoms. The van der Waals surface area contributed by atoms with Crippen molar-refractivity contribution >= 4 is 11.8 Å². The van der Waals surface area contributed by atoms with Gasteiger partial charge in [0.15, 0.2) is 0 Å². The fraction of sp³-hybridized carbons (Fsp3) is 0.833. The molecule has 1 aliphatic carbocycles. The molecular formula is C12H21N3O2. The van der Waals surface area contributed by atoms with Crippen LogP contribution in [0.25, 0.3) is 0 Å². The first-order chi connectivity index (χ1) is 8.27. The first-order valence-electron chi connectivity index (χ1n) is 6.53. The molecule has 5 nitrogen and oxygen atoms in total. The molecule has 1 saturated heterocycles. The Labute approximate surface area is 102 Å². The van der Waals surface area contributed by atoms with Gasteiger partial charge in [-0.05, 0) is 25.7 Å². The molecule has 0 aromatic heterocycles. The Kier molecular flexibility index (Phi) is 4.36. The van der Waals surface area contributed by atoms with Gasteiger partial charge in [0, 0.05) is 32.1 Å². The summed E-state index contributed by atoms with van der Waals surface area (Å²) < 4.78 is 0. The molecule has 2 rings (SSSR count). The van der Waals surface area contributed by atoms with Gasteiger partial charge in [-0.3, -0.25) is 9.59 Å². The van der Waals surface area contributed by atoms with E-state index in [4.69, 9.17) is 0 Å². The van der Waals surface area contributed by atoms with Crippen molar-refractivity contribution in [2.45, 2.75) is 25.7 Å². The topological polar surface area (TPSA) is 61.4 Å². The molecule has 1 saturated carbocycles. The second-order valence-corrected chi connectivity index (χ2v) is 4.83. The molecule has 2 aliphatic rings. The van der Waals surface area contributed by atoms with Crippen LogP contribution in [0.2, 0.25) is 0 Å². The van der Waals surface area contributed by atoms with Crippen molar-refractivity contribution in [1.82, 2.24) is 15.5 Å². The van der Waals surface area contributed by atoms with Crippen molar-refractivity contribution in [2.24, 2.45) is 5.92 Å². The summed E-state index contributed by atoms with van der Waals surface area (Å²) in [5, 5.41) is 5.93. The Morgan fingerprint density at radius 1 is 1.12 bits per heavy atom. The Bertz CT molecular complexity index is 283. The Morgan fingerprint density at radius 2 is 1.82 bits per heavy atom. The lowest BCUT2D eigenvalue weighted by Gasteiger charge is -2.15. The fourth-order valence-electron chi connectivity index (χ4n) is 2.04. The Hall–Kier alpha value is -1.10.